The molecule has 0 atom stereocenters. The number of ether oxygens (including phenoxy) is 1. The van der Waals surface area contributed by atoms with E-state index in [1.165, 1.54) is 25.0 Å². The lowest BCUT2D eigenvalue weighted by molar-refractivity contribution is -0.136. The van der Waals surface area contributed by atoms with E-state index in [-0.39, 0.29) is 18.3 Å². The molecular weight excluding hydrogens is 393 g/mol. The molecule has 0 heterocycles. The van der Waals surface area contributed by atoms with Gasteiger partial charge in [-0.2, -0.15) is 0 Å². The van der Waals surface area contributed by atoms with Crippen molar-refractivity contribution in [3.8, 4) is 16.9 Å². The van der Waals surface area contributed by atoms with Gasteiger partial charge in [-0.1, -0.05) is 32.9 Å². The van der Waals surface area contributed by atoms with Crippen LogP contribution in [0.3, 0.4) is 0 Å². The number of aliphatic carboxylic acids is 1. The average molecular weight is 428 g/mol. The number of carboxylic acid groups (broad SMARTS) is 1. The number of carbonyl (C=O) groups is 1. The standard InChI is InChI=1S/C26H34FNO3/c1-26(2,3)21-6-10-24(11-7-21)31-23-8-4-19(5-9-23)20-14-18(15-22(27)16-20)17-28-13-12-25(29)30/h4-5,8-9,14-16,21,24,28H,6-7,10-13,17H2,1-3H3,(H,29,30)/t21-,24-. The fraction of sp³-hybridized carbons (Fsp3) is 0.500. The predicted molar refractivity (Wildman–Crippen MR) is 122 cm³/mol. The molecule has 31 heavy (non-hydrogen) atoms. The van der Waals surface area contributed by atoms with E-state index in [0.717, 1.165) is 41.2 Å². The molecule has 2 aromatic carbocycles. The zero-order chi connectivity index (χ0) is 22.4. The normalized spacial score (nSPS) is 19.2. The van der Waals surface area contributed by atoms with Gasteiger partial charge in [0.2, 0.25) is 0 Å². The summed E-state index contributed by atoms with van der Waals surface area (Å²) in [5.74, 6) is 0.464. The monoisotopic (exact) mass is 427 g/mol. The first-order chi connectivity index (χ1) is 14.7. The van der Waals surface area contributed by atoms with Gasteiger partial charge in [0.25, 0.3) is 0 Å². The van der Waals surface area contributed by atoms with Gasteiger partial charge < -0.3 is 15.2 Å². The molecule has 0 spiro atoms. The Hall–Kier alpha value is -2.40. The minimum absolute atomic E-state index is 0.0431. The Kier molecular flexibility index (Phi) is 7.71. The highest BCUT2D eigenvalue weighted by atomic mass is 19.1. The largest absolute Gasteiger partial charge is 0.490 e. The summed E-state index contributed by atoms with van der Waals surface area (Å²) in [7, 11) is 0. The number of rotatable bonds is 8. The molecule has 0 radical (unpaired) electrons. The Morgan fingerprint density at radius 1 is 1.06 bits per heavy atom. The summed E-state index contributed by atoms with van der Waals surface area (Å²) in [6.45, 7) is 7.74. The zero-order valence-corrected chi connectivity index (χ0v) is 18.8. The minimum atomic E-state index is -0.850. The van der Waals surface area contributed by atoms with E-state index < -0.39 is 5.97 Å². The molecule has 168 valence electrons. The van der Waals surface area contributed by atoms with Crippen LogP contribution in [0.25, 0.3) is 11.1 Å². The van der Waals surface area contributed by atoms with Gasteiger partial charge in [0.05, 0.1) is 12.5 Å². The first kappa shape index (κ1) is 23.3. The van der Waals surface area contributed by atoms with Gasteiger partial charge in [-0.05, 0) is 84.0 Å². The number of carboxylic acids is 1. The summed E-state index contributed by atoms with van der Waals surface area (Å²) in [5.41, 5.74) is 2.88. The van der Waals surface area contributed by atoms with Gasteiger partial charge in [0.15, 0.2) is 0 Å². The maximum Gasteiger partial charge on any atom is 0.304 e. The van der Waals surface area contributed by atoms with E-state index in [4.69, 9.17) is 9.84 Å². The number of halogens is 1. The third kappa shape index (κ3) is 7.06. The van der Waals surface area contributed by atoms with Crippen molar-refractivity contribution in [3.63, 3.8) is 0 Å². The second-order valence-corrected chi connectivity index (χ2v) is 9.65. The summed E-state index contributed by atoms with van der Waals surface area (Å²) in [4.78, 5) is 10.6. The molecule has 2 N–H and O–H groups in total. The van der Waals surface area contributed by atoms with Crippen LogP contribution in [-0.4, -0.2) is 23.7 Å². The Morgan fingerprint density at radius 2 is 1.74 bits per heavy atom. The molecule has 0 bridgehead atoms. The number of nitrogens with one attached hydrogen (secondary N) is 1. The zero-order valence-electron chi connectivity index (χ0n) is 18.8. The van der Waals surface area contributed by atoms with Crippen LogP contribution < -0.4 is 10.1 Å². The van der Waals surface area contributed by atoms with Crippen molar-refractivity contribution in [1.82, 2.24) is 5.32 Å². The maximum absolute atomic E-state index is 14.1. The maximum atomic E-state index is 14.1. The highest BCUT2D eigenvalue weighted by molar-refractivity contribution is 5.67. The lowest BCUT2D eigenvalue weighted by Gasteiger charge is -2.36. The fourth-order valence-electron chi connectivity index (χ4n) is 4.31. The van der Waals surface area contributed by atoms with Crippen LogP contribution in [0.5, 0.6) is 5.75 Å². The minimum Gasteiger partial charge on any atom is -0.490 e. The first-order valence-electron chi connectivity index (χ1n) is 11.2. The van der Waals surface area contributed by atoms with Crippen LogP contribution in [-0.2, 0) is 11.3 Å². The Balaban J connectivity index is 1.58. The number of hydrogen-bond acceptors (Lipinski definition) is 3. The van der Waals surface area contributed by atoms with Gasteiger partial charge in [-0.3, -0.25) is 4.79 Å². The molecule has 1 aliphatic carbocycles. The van der Waals surface area contributed by atoms with Gasteiger partial charge in [-0.15, -0.1) is 0 Å². The fourth-order valence-corrected chi connectivity index (χ4v) is 4.31. The molecule has 5 heteroatoms. The van der Waals surface area contributed by atoms with Crippen molar-refractivity contribution in [2.24, 2.45) is 11.3 Å². The van der Waals surface area contributed by atoms with Gasteiger partial charge in [-0.25, -0.2) is 4.39 Å². The SMILES string of the molecule is CC(C)(C)[C@H]1CC[C@H](Oc2ccc(-c3cc(F)cc(CNCCC(=O)O)c3)cc2)CC1. The highest BCUT2D eigenvalue weighted by Gasteiger charge is 2.30. The molecule has 0 aromatic heterocycles. The number of benzene rings is 2. The van der Waals surface area contributed by atoms with Gasteiger partial charge >= 0.3 is 5.97 Å². The lowest BCUT2D eigenvalue weighted by atomic mass is 9.72. The summed E-state index contributed by atoms with van der Waals surface area (Å²) in [6, 6.07) is 12.8. The van der Waals surface area contributed by atoms with Crippen LogP contribution in [0.1, 0.15) is 58.4 Å². The van der Waals surface area contributed by atoms with Crippen molar-refractivity contribution in [1.29, 1.82) is 0 Å². The summed E-state index contributed by atoms with van der Waals surface area (Å²) in [5, 5.41) is 11.7. The van der Waals surface area contributed by atoms with E-state index in [2.05, 4.69) is 26.1 Å². The second-order valence-electron chi connectivity index (χ2n) is 9.65. The smallest absolute Gasteiger partial charge is 0.304 e. The van der Waals surface area contributed by atoms with Crippen molar-refractivity contribution >= 4 is 5.97 Å². The molecule has 0 amide bonds. The molecule has 1 saturated carbocycles. The van der Waals surface area contributed by atoms with E-state index in [0.29, 0.717) is 18.5 Å². The van der Waals surface area contributed by atoms with Crippen molar-refractivity contribution in [2.75, 3.05) is 6.54 Å². The molecular formula is C26H34FNO3. The molecule has 4 nitrogen and oxygen atoms in total. The summed E-state index contributed by atoms with van der Waals surface area (Å²) in [6.07, 6.45) is 4.90. The van der Waals surface area contributed by atoms with Crippen molar-refractivity contribution in [3.05, 3.63) is 53.8 Å². The van der Waals surface area contributed by atoms with Crippen LogP contribution in [0, 0.1) is 17.2 Å². The first-order valence-corrected chi connectivity index (χ1v) is 11.2. The molecule has 3 rings (SSSR count). The molecule has 2 aromatic rings. The quantitative estimate of drug-likeness (QED) is 0.504. The Bertz CT molecular complexity index is 865. The topological polar surface area (TPSA) is 58.6 Å². The van der Waals surface area contributed by atoms with Crippen molar-refractivity contribution < 1.29 is 19.0 Å². The second kappa shape index (κ2) is 10.3. The summed E-state index contributed by atoms with van der Waals surface area (Å²) >= 11 is 0. The predicted octanol–water partition coefficient (Wildman–Crippen LogP) is 6.04. The Morgan fingerprint density at radius 3 is 2.35 bits per heavy atom. The van der Waals surface area contributed by atoms with Gasteiger partial charge in [0, 0.05) is 13.1 Å². The van der Waals surface area contributed by atoms with Crippen LogP contribution >= 0.6 is 0 Å². The molecule has 0 aliphatic heterocycles. The molecule has 0 saturated heterocycles. The Labute approximate surface area is 184 Å². The summed E-state index contributed by atoms with van der Waals surface area (Å²) < 4.78 is 20.3. The average Bonchev–Trinajstić information content (AvgIpc) is 2.71. The highest BCUT2D eigenvalue weighted by Crippen LogP contribution is 2.38. The van der Waals surface area contributed by atoms with Crippen LogP contribution in [0.15, 0.2) is 42.5 Å². The lowest BCUT2D eigenvalue weighted by Crippen LogP contribution is -2.30. The van der Waals surface area contributed by atoms with E-state index in [9.17, 15) is 9.18 Å². The van der Waals surface area contributed by atoms with Gasteiger partial charge in [0.1, 0.15) is 11.6 Å². The van der Waals surface area contributed by atoms with E-state index >= 15 is 0 Å². The molecule has 1 aliphatic rings. The van der Waals surface area contributed by atoms with Crippen LogP contribution in [0.4, 0.5) is 4.39 Å². The van der Waals surface area contributed by atoms with E-state index in [1.54, 1.807) is 0 Å². The third-order valence-corrected chi connectivity index (χ3v) is 6.19. The van der Waals surface area contributed by atoms with Crippen LogP contribution in [0.2, 0.25) is 0 Å². The molecule has 1 fully saturated rings. The van der Waals surface area contributed by atoms with Crippen molar-refractivity contribution in [2.45, 2.75) is 65.5 Å². The van der Waals surface area contributed by atoms with E-state index in [1.807, 2.05) is 30.3 Å². The number of hydrogen-bond donors (Lipinski definition) is 2. The third-order valence-electron chi connectivity index (χ3n) is 6.19. The molecule has 0 unspecified atom stereocenters.